The lowest BCUT2D eigenvalue weighted by Gasteiger charge is -2.50. The van der Waals surface area contributed by atoms with Crippen molar-refractivity contribution in [2.45, 2.75) is 37.6 Å². The topological polar surface area (TPSA) is 86.6 Å². The first kappa shape index (κ1) is 17.7. The minimum Gasteiger partial charge on any atom is -0.348 e. The van der Waals surface area contributed by atoms with Gasteiger partial charge in [-0.05, 0) is 37.8 Å². The molecule has 3 aliphatic rings. The van der Waals surface area contributed by atoms with Crippen LogP contribution in [0.25, 0.3) is 5.52 Å². The Morgan fingerprint density at radius 1 is 1.13 bits per heavy atom. The Labute approximate surface area is 173 Å². The smallest absolute Gasteiger partial charge is 0.257 e. The second-order valence-corrected chi connectivity index (χ2v) is 8.66. The Morgan fingerprint density at radius 2 is 1.97 bits per heavy atom. The predicted octanol–water partition coefficient (Wildman–Crippen LogP) is 1.98. The summed E-state index contributed by atoms with van der Waals surface area (Å²) in [5.41, 5.74) is 3.19. The molecule has 3 aromatic rings. The standard InChI is InChI=1S/C22H24N6O2/c29-20(15-4-5-15)27-10-6-17-19(24-14-23-17)22(27)7-11-26(12-8-22)21(30)16-13-25-28-9-2-1-3-18(16)28/h1-3,9,13-15H,4-8,10-12H2,(H,23,24). The summed E-state index contributed by atoms with van der Waals surface area (Å²) in [4.78, 5) is 38.3. The number of piperidine rings is 1. The Balaban J connectivity index is 1.29. The van der Waals surface area contributed by atoms with Crippen LogP contribution in [0.15, 0.2) is 36.9 Å². The highest BCUT2D eigenvalue weighted by Crippen LogP contribution is 2.45. The van der Waals surface area contributed by atoms with Gasteiger partial charge in [-0.1, -0.05) is 6.07 Å². The summed E-state index contributed by atoms with van der Waals surface area (Å²) >= 11 is 0. The number of amides is 2. The zero-order valence-corrected chi connectivity index (χ0v) is 16.8. The number of carbonyl (C=O) groups excluding carboxylic acids is 2. The van der Waals surface area contributed by atoms with E-state index in [1.165, 1.54) is 0 Å². The fourth-order valence-electron chi connectivity index (χ4n) is 5.21. The van der Waals surface area contributed by atoms with Crippen molar-refractivity contribution in [2.75, 3.05) is 19.6 Å². The number of carbonyl (C=O) groups is 2. The molecule has 8 heteroatoms. The fourth-order valence-corrected chi connectivity index (χ4v) is 5.21. The van der Waals surface area contributed by atoms with Gasteiger partial charge in [-0.3, -0.25) is 9.59 Å². The number of nitrogens with zero attached hydrogens (tertiary/aromatic N) is 5. The maximum atomic E-state index is 13.2. The predicted molar refractivity (Wildman–Crippen MR) is 109 cm³/mol. The highest BCUT2D eigenvalue weighted by Gasteiger charge is 2.51. The van der Waals surface area contributed by atoms with Crippen LogP contribution in [0.2, 0.25) is 0 Å². The van der Waals surface area contributed by atoms with E-state index in [2.05, 4.69) is 20.0 Å². The van der Waals surface area contributed by atoms with Crippen molar-refractivity contribution in [3.8, 4) is 0 Å². The largest absolute Gasteiger partial charge is 0.348 e. The third-order valence-electron chi connectivity index (χ3n) is 6.99. The van der Waals surface area contributed by atoms with Gasteiger partial charge in [-0.2, -0.15) is 5.10 Å². The Kier molecular flexibility index (Phi) is 3.78. The molecule has 0 aromatic carbocycles. The van der Waals surface area contributed by atoms with E-state index in [4.69, 9.17) is 0 Å². The number of imidazole rings is 1. The minimum atomic E-state index is -0.398. The number of aromatic nitrogens is 4. The van der Waals surface area contributed by atoms with Gasteiger partial charge in [0.2, 0.25) is 5.91 Å². The molecule has 2 amide bonds. The van der Waals surface area contributed by atoms with E-state index in [-0.39, 0.29) is 17.7 Å². The van der Waals surface area contributed by atoms with Crippen LogP contribution in [0.5, 0.6) is 0 Å². The molecule has 0 radical (unpaired) electrons. The number of hydrogen-bond donors (Lipinski definition) is 1. The monoisotopic (exact) mass is 404 g/mol. The van der Waals surface area contributed by atoms with Crippen LogP contribution in [-0.4, -0.2) is 60.8 Å². The molecule has 1 N–H and O–H groups in total. The van der Waals surface area contributed by atoms with Crippen LogP contribution < -0.4 is 0 Å². The number of hydrogen-bond acceptors (Lipinski definition) is 4. The summed E-state index contributed by atoms with van der Waals surface area (Å²) in [6.45, 7) is 1.93. The van der Waals surface area contributed by atoms with Gasteiger partial charge >= 0.3 is 0 Å². The molecule has 5 heterocycles. The molecule has 0 atom stereocenters. The molecule has 2 aliphatic heterocycles. The van der Waals surface area contributed by atoms with E-state index in [1.54, 1.807) is 17.0 Å². The lowest BCUT2D eigenvalue weighted by molar-refractivity contribution is -0.143. The van der Waals surface area contributed by atoms with E-state index in [1.807, 2.05) is 29.3 Å². The van der Waals surface area contributed by atoms with Crippen LogP contribution in [0.3, 0.4) is 0 Å². The molecule has 2 fully saturated rings. The normalized spacial score (nSPS) is 20.5. The molecular weight excluding hydrogens is 380 g/mol. The van der Waals surface area contributed by atoms with E-state index < -0.39 is 5.54 Å². The number of H-pyrrole nitrogens is 1. The summed E-state index contributed by atoms with van der Waals surface area (Å²) in [6.07, 6.45) is 9.49. The maximum Gasteiger partial charge on any atom is 0.257 e. The number of pyridine rings is 1. The molecule has 0 bridgehead atoms. The van der Waals surface area contributed by atoms with Crippen molar-refractivity contribution < 1.29 is 9.59 Å². The Hall–Kier alpha value is -3.16. The number of rotatable bonds is 2. The third-order valence-corrected chi connectivity index (χ3v) is 6.99. The van der Waals surface area contributed by atoms with Crippen molar-refractivity contribution >= 4 is 17.3 Å². The quantitative estimate of drug-likeness (QED) is 0.708. The second kappa shape index (κ2) is 6.42. The number of fused-ring (bicyclic) bond motifs is 3. The van der Waals surface area contributed by atoms with Crippen molar-refractivity contribution in [1.82, 2.24) is 29.4 Å². The van der Waals surface area contributed by atoms with Gasteiger partial charge < -0.3 is 14.8 Å². The summed E-state index contributed by atoms with van der Waals surface area (Å²) in [5.74, 6) is 0.455. The van der Waals surface area contributed by atoms with Crippen LogP contribution in [0.1, 0.15) is 47.4 Å². The molecule has 0 unspecified atom stereocenters. The first-order valence-corrected chi connectivity index (χ1v) is 10.7. The molecule has 6 rings (SSSR count). The molecular formula is C22H24N6O2. The number of nitrogens with one attached hydrogen (secondary N) is 1. The summed E-state index contributed by atoms with van der Waals surface area (Å²) < 4.78 is 1.73. The molecule has 154 valence electrons. The number of aromatic amines is 1. The first-order chi connectivity index (χ1) is 14.7. The second-order valence-electron chi connectivity index (χ2n) is 8.66. The lowest BCUT2D eigenvalue weighted by atomic mass is 9.78. The minimum absolute atomic E-state index is 0.00387. The first-order valence-electron chi connectivity index (χ1n) is 10.7. The summed E-state index contributed by atoms with van der Waals surface area (Å²) in [7, 11) is 0. The maximum absolute atomic E-state index is 13.2. The van der Waals surface area contributed by atoms with Gasteiger partial charge in [0.1, 0.15) is 0 Å². The molecule has 30 heavy (non-hydrogen) atoms. The molecule has 1 aliphatic carbocycles. The average molecular weight is 404 g/mol. The van der Waals surface area contributed by atoms with Crippen molar-refractivity contribution in [2.24, 2.45) is 5.92 Å². The van der Waals surface area contributed by atoms with E-state index >= 15 is 0 Å². The highest BCUT2D eigenvalue weighted by atomic mass is 16.2. The van der Waals surface area contributed by atoms with Crippen LogP contribution in [0.4, 0.5) is 0 Å². The molecule has 1 saturated heterocycles. The van der Waals surface area contributed by atoms with E-state index in [9.17, 15) is 9.59 Å². The van der Waals surface area contributed by atoms with E-state index in [0.717, 1.165) is 42.7 Å². The lowest BCUT2D eigenvalue weighted by Crippen LogP contribution is -2.59. The van der Waals surface area contributed by atoms with Gasteiger partial charge in [-0.25, -0.2) is 9.50 Å². The molecule has 1 saturated carbocycles. The van der Waals surface area contributed by atoms with Gasteiger partial charge in [0.05, 0.1) is 34.8 Å². The van der Waals surface area contributed by atoms with Gasteiger partial charge in [0.15, 0.2) is 0 Å². The highest BCUT2D eigenvalue weighted by molar-refractivity contribution is 6.00. The summed E-state index contributed by atoms with van der Waals surface area (Å²) in [5, 5.41) is 4.30. The van der Waals surface area contributed by atoms with Crippen LogP contribution in [0, 0.1) is 5.92 Å². The van der Waals surface area contributed by atoms with Crippen molar-refractivity contribution in [3.05, 3.63) is 53.9 Å². The SMILES string of the molecule is O=C(c1cnn2ccccc12)N1CCC2(CC1)c1nc[nH]c1CCN2C(=O)C1CC1. The third kappa shape index (κ3) is 2.52. The average Bonchev–Trinajstić information content (AvgIpc) is 3.35. The van der Waals surface area contributed by atoms with Gasteiger partial charge in [0, 0.05) is 43.9 Å². The zero-order chi connectivity index (χ0) is 20.3. The number of likely N-dealkylation sites (tertiary alicyclic amines) is 1. The molecule has 3 aromatic heterocycles. The van der Waals surface area contributed by atoms with Gasteiger partial charge in [-0.15, -0.1) is 0 Å². The Morgan fingerprint density at radius 3 is 2.77 bits per heavy atom. The van der Waals surface area contributed by atoms with Gasteiger partial charge in [0.25, 0.3) is 5.91 Å². The Bertz CT molecular complexity index is 1140. The van der Waals surface area contributed by atoms with Crippen molar-refractivity contribution in [1.29, 1.82) is 0 Å². The molecule has 8 nitrogen and oxygen atoms in total. The summed E-state index contributed by atoms with van der Waals surface area (Å²) in [6, 6.07) is 5.73. The van der Waals surface area contributed by atoms with E-state index in [0.29, 0.717) is 31.5 Å². The van der Waals surface area contributed by atoms with Crippen LogP contribution in [-0.2, 0) is 16.8 Å². The zero-order valence-electron chi connectivity index (χ0n) is 16.8. The van der Waals surface area contributed by atoms with Crippen molar-refractivity contribution in [3.63, 3.8) is 0 Å². The fraction of sp³-hybridized carbons (Fsp3) is 0.455. The molecule has 1 spiro atoms. The van der Waals surface area contributed by atoms with Crippen LogP contribution >= 0.6 is 0 Å².